The molecule has 0 saturated heterocycles. The molecule has 0 unspecified atom stereocenters. The van der Waals surface area contributed by atoms with Crippen LogP contribution in [0.4, 0.5) is 11.4 Å². The number of nitrogens with zero attached hydrogens (tertiary/aromatic N) is 2. The van der Waals surface area contributed by atoms with Crippen molar-refractivity contribution in [3.63, 3.8) is 0 Å². The summed E-state index contributed by atoms with van der Waals surface area (Å²) in [4.78, 5) is 21.1. The van der Waals surface area contributed by atoms with Gasteiger partial charge >= 0.3 is 5.97 Å². The van der Waals surface area contributed by atoms with Gasteiger partial charge in [0.2, 0.25) is 0 Å². The SMILES string of the molecule is O=C(O)CCCN(c1cccc2ccccc12)S(=O)(=O)c1ccccc1[N+](=O)[O-]. The molecular formula is C20H18N2O6S. The largest absolute Gasteiger partial charge is 0.481 e. The van der Waals surface area contributed by atoms with Crippen LogP contribution in [0.2, 0.25) is 0 Å². The standard InChI is InChI=1S/C20H18N2O6S/c23-20(24)13-6-14-21(17-11-5-8-15-7-1-2-9-16(15)17)29(27,28)19-12-4-3-10-18(19)22(25)26/h1-5,7-12H,6,13-14H2,(H,23,24). The van der Waals surface area contributed by atoms with Gasteiger partial charge in [0.05, 0.1) is 10.6 Å². The van der Waals surface area contributed by atoms with Crippen molar-refractivity contribution in [3.8, 4) is 0 Å². The Morgan fingerprint density at radius 2 is 1.66 bits per heavy atom. The average Bonchev–Trinajstić information content (AvgIpc) is 2.70. The number of hydrogen-bond donors (Lipinski definition) is 1. The number of hydrogen-bond acceptors (Lipinski definition) is 5. The van der Waals surface area contributed by atoms with Crippen molar-refractivity contribution in [3.05, 3.63) is 76.8 Å². The van der Waals surface area contributed by atoms with E-state index in [0.717, 1.165) is 15.8 Å². The van der Waals surface area contributed by atoms with Crippen LogP contribution in [0.1, 0.15) is 12.8 Å². The van der Waals surface area contributed by atoms with E-state index in [4.69, 9.17) is 5.11 Å². The van der Waals surface area contributed by atoms with Crippen LogP contribution in [0.3, 0.4) is 0 Å². The third-order valence-corrected chi connectivity index (χ3v) is 6.28. The third-order valence-electron chi connectivity index (χ3n) is 4.42. The van der Waals surface area contributed by atoms with Crippen LogP contribution in [-0.2, 0) is 14.8 Å². The molecule has 0 aliphatic rings. The number of benzene rings is 3. The van der Waals surface area contributed by atoms with Gasteiger partial charge in [-0.05, 0) is 23.9 Å². The number of nitro benzene ring substituents is 1. The predicted molar refractivity (Wildman–Crippen MR) is 108 cm³/mol. The summed E-state index contributed by atoms with van der Waals surface area (Å²) in [5.41, 5.74) is -0.192. The highest BCUT2D eigenvalue weighted by molar-refractivity contribution is 7.93. The van der Waals surface area contributed by atoms with E-state index in [9.17, 15) is 23.3 Å². The lowest BCUT2D eigenvalue weighted by Crippen LogP contribution is -2.33. The summed E-state index contributed by atoms with van der Waals surface area (Å²) in [6.45, 7) is -0.130. The molecule has 150 valence electrons. The molecule has 9 heteroatoms. The van der Waals surface area contributed by atoms with Crippen LogP contribution in [0, 0.1) is 10.1 Å². The maximum Gasteiger partial charge on any atom is 0.303 e. The molecule has 0 bridgehead atoms. The first kappa shape index (κ1) is 20.3. The van der Waals surface area contributed by atoms with E-state index in [1.807, 2.05) is 18.2 Å². The van der Waals surface area contributed by atoms with Gasteiger partial charge in [-0.2, -0.15) is 0 Å². The normalized spacial score (nSPS) is 11.3. The Kier molecular flexibility index (Phi) is 5.79. The van der Waals surface area contributed by atoms with Crippen molar-refractivity contribution in [2.24, 2.45) is 0 Å². The summed E-state index contributed by atoms with van der Waals surface area (Å²) >= 11 is 0. The zero-order valence-corrected chi connectivity index (χ0v) is 16.1. The van der Waals surface area contributed by atoms with Crippen molar-refractivity contribution in [1.82, 2.24) is 0 Å². The molecule has 3 rings (SSSR count). The summed E-state index contributed by atoms with van der Waals surface area (Å²) < 4.78 is 28.0. The Morgan fingerprint density at radius 3 is 2.38 bits per heavy atom. The lowest BCUT2D eigenvalue weighted by Gasteiger charge is -2.25. The van der Waals surface area contributed by atoms with Crippen molar-refractivity contribution in [1.29, 1.82) is 0 Å². The molecule has 0 aliphatic heterocycles. The van der Waals surface area contributed by atoms with Crippen LogP contribution < -0.4 is 4.31 Å². The number of anilines is 1. The lowest BCUT2D eigenvalue weighted by molar-refractivity contribution is -0.387. The van der Waals surface area contributed by atoms with Gasteiger partial charge in [-0.25, -0.2) is 8.42 Å². The van der Waals surface area contributed by atoms with Gasteiger partial charge in [0.1, 0.15) is 0 Å². The van der Waals surface area contributed by atoms with Crippen molar-refractivity contribution in [2.75, 3.05) is 10.8 Å². The van der Waals surface area contributed by atoms with Gasteiger partial charge in [-0.3, -0.25) is 19.2 Å². The van der Waals surface area contributed by atoms with Crippen LogP contribution >= 0.6 is 0 Å². The van der Waals surface area contributed by atoms with Gasteiger partial charge in [0, 0.05) is 24.4 Å². The quantitative estimate of drug-likeness (QED) is 0.442. The third kappa shape index (κ3) is 4.19. The van der Waals surface area contributed by atoms with Gasteiger partial charge in [0.15, 0.2) is 4.90 Å². The van der Waals surface area contributed by atoms with E-state index >= 15 is 0 Å². The fourth-order valence-electron chi connectivity index (χ4n) is 3.11. The van der Waals surface area contributed by atoms with Crippen molar-refractivity contribution >= 4 is 38.1 Å². The summed E-state index contributed by atoms with van der Waals surface area (Å²) in [5.74, 6) is -1.05. The first-order chi connectivity index (χ1) is 13.8. The molecule has 3 aromatic carbocycles. The van der Waals surface area contributed by atoms with Crippen LogP contribution in [-0.4, -0.2) is 31.0 Å². The number of fused-ring (bicyclic) bond motifs is 1. The molecule has 8 nitrogen and oxygen atoms in total. The van der Waals surface area contributed by atoms with Gasteiger partial charge in [0.25, 0.3) is 15.7 Å². The number of aliphatic carboxylic acids is 1. The molecule has 0 saturated carbocycles. The molecule has 0 fully saturated rings. The smallest absolute Gasteiger partial charge is 0.303 e. The van der Waals surface area contributed by atoms with Crippen LogP contribution in [0.15, 0.2) is 71.6 Å². The van der Waals surface area contributed by atoms with E-state index < -0.39 is 31.5 Å². The Hall–Kier alpha value is -3.46. The zero-order chi connectivity index (χ0) is 21.0. The Bertz CT molecular complexity index is 1170. The molecule has 0 spiro atoms. The molecular weight excluding hydrogens is 396 g/mol. The number of carboxylic acids is 1. The molecule has 0 aromatic heterocycles. The molecule has 0 atom stereocenters. The second-order valence-corrected chi connectivity index (χ2v) is 8.13. The molecule has 0 aliphatic carbocycles. The predicted octanol–water partition coefficient (Wildman–Crippen LogP) is 3.81. The van der Waals surface area contributed by atoms with Crippen molar-refractivity contribution < 1.29 is 23.2 Å². The average molecular weight is 414 g/mol. The number of sulfonamides is 1. The maximum absolute atomic E-state index is 13.5. The molecule has 0 amide bonds. The van der Waals surface area contributed by atoms with Gasteiger partial charge in [-0.15, -0.1) is 0 Å². The second kappa shape index (κ2) is 8.27. The Morgan fingerprint density at radius 1 is 1.00 bits per heavy atom. The van der Waals surface area contributed by atoms with Gasteiger partial charge in [-0.1, -0.05) is 48.5 Å². The summed E-state index contributed by atoms with van der Waals surface area (Å²) in [6.07, 6.45) is -0.175. The fraction of sp³-hybridized carbons (Fsp3) is 0.150. The minimum atomic E-state index is -4.32. The molecule has 1 N–H and O–H groups in total. The zero-order valence-electron chi connectivity index (χ0n) is 15.3. The van der Waals surface area contributed by atoms with E-state index in [1.165, 1.54) is 18.2 Å². The molecule has 29 heavy (non-hydrogen) atoms. The summed E-state index contributed by atoms with van der Waals surface area (Å²) in [7, 11) is -4.32. The topological polar surface area (TPSA) is 118 Å². The summed E-state index contributed by atoms with van der Waals surface area (Å²) in [5, 5.41) is 21.8. The van der Waals surface area contributed by atoms with E-state index in [-0.39, 0.29) is 19.4 Å². The number of rotatable bonds is 8. The minimum Gasteiger partial charge on any atom is -0.481 e. The van der Waals surface area contributed by atoms with E-state index in [1.54, 1.807) is 24.3 Å². The number of carboxylic acid groups (broad SMARTS) is 1. The highest BCUT2D eigenvalue weighted by atomic mass is 32.2. The molecule has 0 heterocycles. The molecule has 3 aromatic rings. The van der Waals surface area contributed by atoms with Crippen molar-refractivity contribution in [2.45, 2.75) is 17.7 Å². The minimum absolute atomic E-state index is 0.0540. The summed E-state index contributed by atoms with van der Waals surface area (Å²) in [6, 6.07) is 17.4. The number of nitro groups is 1. The fourth-order valence-corrected chi connectivity index (χ4v) is 4.80. The second-order valence-electron chi connectivity index (χ2n) is 6.30. The van der Waals surface area contributed by atoms with E-state index in [2.05, 4.69) is 0 Å². The lowest BCUT2D eigenvalue weighted by atomic mass is 10.1. The van der Waals surface area contributed by atoms with Crippen LogP contribution in [0.25, 0.3) is 10.8 Å². The first-order valence-electron chi connectivity index (χ1n) is 8.78. The van der Waals surface area contributed by atoms with E-state index in [0.29, 0.717) is 11.1 Å². The monoisotopic (exact) mass is 414 g/mol. The number of carbonyl (C=O) groups is 1. The highest BCUT2D eigenvalue weighted by Gasteiger charge is 2.32. The maximum atomic E-state index is 13.5. The first-order valence-corrected chi connectivity index (χ1v) is 10.2. The Labute approximate surface area is 167 Å². The number of para-hydroxylation sites is 1. The molecule has 0 radical (unpaired) electrons. The van der Waals surface area contributed by atoms with Crippen LogP contribution in [0.5, 0.6) is 0 Å². The van der Waals surface area contributed by atoms with Gasteiger partial charge < -0.3 is 5.11 Å². The Balaban J connectivity index is 2.18. The highest BCUT2D eigenvalue weighted by Crippen LogP contribution is 2.34.